The van der Waals surface area contributed by atoms with E-state index in [0.29, 0.717) is 0 Å². The van der Waals surface area contributed by atoms with Crippen molar-refractivity contribution in [2.45, 2.75) is 12.2 Å². The maximum atomic E-state index is 12.3. The van der Waals surface area contributed by atoms with E-state index in [1.807, 2.05) is 12.1 Å². The van der Waals surface area contributed by atoms with Crippen LogP contribution in [0, 0.1) is 0 Å². The van der Waals surface area contributed by atoms with Gasteiger partial charge in [0.1, 0.15) is 6.21 Å². The molecular formula is C15H12F3N. The zero-order valence-electron chi connectivity index (χ0n) is 10.0. The predicted molar refractivity (Wildman–Crippen MR) is 69.3 cm³/mol. The third-order valence-corrected chi connectivity index (χ3v) is 2.60. The van der Waals surface area contributed by atoms with E-state index in [4.69, 9.17) is 0 Å². The van der Waals surface area contributed by atoms with Crippen LogP contribution in [0.4, 0.5) is 13.2 Å². The smallest absolute Gasteiger partial charge is 0.275 e. The van der Waals surface area contributed by atoms with Crippen molar-refractivity contribution in [3.8, 4) is 0 Å². The van der Waals surface area contributed by atoms with Gasteiger partial charge in [0.15, 0.2) is 0 Å². The molecule has 0 spiro atoms. The summed E-state index contributed by atoms with van der Waals surface area (Å²) in [4.78, 5) is 3.69. The van der Waals surface area contributed by atoms with Crippen molar-refractivity contribution in [1.82, 2.24) is 0 Å². The number of hydrogen-bond donors (Lipinski definition) is 0. The minimum atomic E-state index is -4.40. The molecule has 0 saturated heterocycles. The van der Waals surface area contributed by atoms with Crippen LogP contribution < -0.4 is 0 Å². The number of hydrogen-bond acceptors (Lipinski definition) is 1. The second-order valence-electron chi connectivity index (χ2n) is 4.04. The second kappa shape index (κ2) is 5.69. The van der Waals surface area contributed by atoms with Gasteiger partial charge in [-0.3, -0.25) is 4.99 Å². The molecule has 0 radical (unpaired) electrons. The van der Waals surface area contributed by atoms with Crippen molar-refractivity contribution in [1.29, 1.82) is 0 Å². The Labute approximate surface area is 109 Å². The summed E-state index contributed by atoms with van der Waals surface area (Å²) >= 11 is 0. The van der Waals surface area contributed by atoms with Crippen molar-refractivity contribution >= 4 is 6.21 Å². The largest absolute Gasteiger partial charge is 0.426 e. The molecule has 0 bridgehead atoms. The van der Waals surface area contributed by atoms with Crippen LogP contribution in [0.3, 0.4) is 0 Å². The fourth-order valence-electron chi connectivity index (χ4n) is 1.79. The predicted octanol–water partition coefficient (Wildman–Crippen LogP) is 4.41. The summed E-state index contributed by atoms with van der Waals surface area (Å²) < 4.78 is 36.9. The van der Waals surface area contributed by atoms with Gasteiger partial charge in [-0.2, -0.15) is 13.2 Å². The Balaban J connectivity index is 2.38. The lowest BCUT2D eigenvalue weighted by molar-refractivity contribution is -0.0538. The maximum absolute atomic E-state index is 12.3. The Morgan fingerprint density at radius 1 is 0.789 bits per heavy atom. The molecule has 4 heteroatoms. The molecule has 0 heterocycles. The molecule has 98 valence electrons. The Bertz CT molecular complexity index is 493. The van der Waals surface area contributed by atoms with Crippen LogP contribution in [0.2, 0.25) is 0 Å². The van der Waals surface area contributed by atoms with E-state index in [9.17, 15) is 13.2 Å². The van der Waals surface area contributed by atoms with Crippen LogP contribution in [-0.4, -0.2) is 12.4 Å². The number of halogens is 3. The number of benzene rings is 2. The summed E-state index contributed by atoms with van der Waals surface area (Å²) in [6.07, 6.45) is -4.35. The molecule has 0 aliphatic heterocycles. The Kier molecular flexibility index (Phi) is 4.00. The normalized spacial score (nSPS) is 12.2. The highest BCUT2D eigenvalue weighted by atomic mass is 19.4. The monoisotopic (exact) mass is 263 g/mol. The van der Waals surface area contributed by atoms with Gasteiger partial charge < -0.3 is 0 Å². The molecule has 0 N–H and O–H groups in total. The second-order valence-corrected chi connectivity index (χ2v) is 4.04. The van der Waals surface area contributed by atoms with Crippen LogP contribution in [0.5, 0.6) is 0 Å². The molecule has 0 aromatic heterocycles. The van der Waals surface area contributed by atoms with Crippen LogP contribution >= 0.6 is 0 Å². The van der Waals surface area contributed by atoms with E-state index in [1.165, 1.54) is 0 Å². The van der Waals surface area contributed by atoms with E-state index < -0.39 is 12.2 Å². The topological polar surface area (TPSA) is 12.4 Å². The average Bonchev–Trinajstić information content (AvgIpc) is 2.40. The van der Waals surface area contributed by atoms with Gasteiger partial charge in [0, 0.05) is 0 Å². The number of alkyl halides is 3. The van der Waals surface area contributed by atoms with Gasteiger partial charge in [-0.15, -0.1) is 0 Å². The first kappa shape index (κ1) is 13.3. The van der Waals surface area contributed by atoms with Crippen LogP contribution in [0.1, 0.15) is 17.2 Å². The highest BCUT2D eigenvalue weighted by molar-refractivity contribution is 5.65. The Morgan fingerprint density at radius 3 is 1.58 bits per heavy atom. The van der Waals surface area contributed by atoms with Gasteiger partial charge in [0.25, 0.3) is 0 Å². The Hall–Kier alpha value is -2.10. The maximum Gasteiger partial charge on any atom is 0.426 e. The Morgan fingerprint density at radius 2 is 1.21 bits per heavy atom. The molecule has 1 nitrogen and oxygen atoms in total. The van der Waals surface area contributed by atoms with Crippen molar-refractivity contribution in [2.24, 2.45) is 4.99 Å². The van der Waals surface area contributed by atoms with Gasteiger partial charge in [-0.05, 0) is 11.1 Å². The van der Waals surface area contributed by atoms with Gasteiger partial charge in [0.2, 0.25) is 0 Å². The van der Waals surface area contributed by atoms with Crippen LogP contribution in [-0.2, 0) is 0 Å². The summed E-state index contributed by atoms with van der Waals surface area (Å²) in [5.41, 5.74) is 1.46. The minimum Gasteiger partial charge on any atom is -0.275 e. The first-order chi connectivity index (χ1) is 9.06. The molecule has 0 fully saturated rings. The SMILES string of the molecule is FC(F)(F)C=NC(c1ccccc1)c1ccccc1. The fourth-order valence-corrected chi connectivity index (χ4v) is 1.79. The highest BCUT2D eigenvalue weighted by Crippen LogP contribution is 2.26. The number of rotatable bonds is 3. The fraction of sp³-hybridized carbons (Fsp3) is 0.133. The molecule has 0 amide bonds. The molecule has 2 aromatic rings. The lowest BCUT2D eigenvalue weighted by atomic mass is 9.99. The summed E-state index contributed by atoms with van der Waals surface area (Å²) in [6, 6.07) is 17.2. The van der Waals surface area contributed by atoms with Crippen LogP contribution in [0.25, 0.3) is 0 Å². The van der Waals surface area contributed by atoms with Crippen molar-refractivity contribution in [2.75, 3.05) is 0 Å². The summed E-state index contributed by atoms with van der Waals surface area (Å²) in [6.45, 7) is 0. The molecule has 19 heavy (non-hydrogen) atoms. The summed E-state index contributed by atoms with van der Waals surface area (Å²) in [7, 11) is 0. The van der Waals surface area contributed by atoms with Crippen molar-refractivity contribution in [3.05, 3.63) is 71.8 Å². The zero-order chi connectivity index (χ0) is 13.7. The summed E-state index contributed by atoms with van der Waals surface area (Å²) in [5, 5.41) is 0. The molecule has 0 aliphatic rings. The van der Waals surface area contributed by atoms with E-state index in [2.05, 4.69) is 4.99 Å². The molecular weight excluding hydrogens is 251 g/mol. The van der Waals surface area contributed by atoms with Gasteiger partial charge >= 0.3 is 6.18 Å². The third-order valence-electron chi connectivity index (χ3n) is 2.60. The standard InChI is InChI=1S/C15H12F3N/c16-15(17,18)11-19-14(12-7-3-1-4-8-12)13-9-5-2-6-10-13/h1-11,14H. The molecule has 0 unspecified atom stereocenters. The van der Waals surface area contributed by atoms with Crippen LogP contribution in [0.15, 0.2) is 65.7 Å². The average molecular weight is 263 g/mol. The molecule has 0 saturated carbocycles. The van der Waals surface area contributed by atoms with Gasteiger partial charge in [-0.25, -0.2) is 0 Å². The molecule has 0 atom stereocenters. The minimum absolute atomic E-state index is 0.0532. The third kappa shape index (κ3) is 3.95. The summed E-state index contributed by atoms with van der Waals surface area (Å²) in [5.74, 6) is 0. The lowest BCUT2D eigenvalue weighted by Crippen LogP contribution is -2.10. The first-order valence-corrected chi connectivity index (χ1v) is 5.77. The molecule has 0 aliphatic carbocycles. The highest BCUT2D eigenvalue weighted by Gasteiger charge is 2.25. The van der Waals surface area contributed by atoms with E-state index >= 15 is 0 Å². The van der Waals surface area contributed by atoms with E-state index in [0.717, 1.165) is 11.1 Å². The first-order valence-electron chi connectivity index (χ1n) is 5.77. The van der Waals surface area contributed by atoms with Gasteiger partial charge in [-0.1, -0.05) is 60.7 Å². The van der Waals surface area contributed by atoms with E-state index in [-0.39, 0.29) is 6.21 Å². The van der Waals surface area contributed by atoms with Crippen molar-refractivity contribution < 1.29 is 13.2 Å². The van der Waals surface area contributed by atoms with Gasteiger partial charge in [0.05, 0.1) is 6.04 Å². The number of nitrogens with zero attached hydrogens (tertiary/aromatic N) is 1. The lowest BCUT2D eigenvalue weighted by Gasteiger charge is -2.13. The number of aliphatic imine (C=N–C) groups is 1. The quantitative estimate of drug-likeness (QED) is 0.727. The molecule has 2 aromatic carbocycles. The van der Waals surface area contributed by atoms with Crippen molar-refractivity contribution in [3.63, 3.8) is 0 Å². The zero-order valence-corrected chi connectivity index (χ0v) is 10.0. The van der Waals surface area contributed by atoms with E-state index in [1.54, 1.807) is 48.5 Å². The molecule has 2 rings (SSSR count).